The van der Waals surface area contributed by atoms with Gasteiger partial charge in [0.15, 0.2) is 0 Å². The molecule has 10 aromatic rings. The van der Waals surface area contributed by atoms with E-state index in [9.17, 15) is 2.74 Å². The van der Waals surface area contributed by atoms with Crippen LogP contribution in [0.1, 0.15) is 29.1 Å². The predicted octanol–water partition coefficient (Wildman–Crippen LogP) is 15.3. The number of fused-ring (bicyclic) bond motifs is 4. The summed E-state index contributed by atoms with van der Waals surface area (Å²) in [4.78, 5) is 9.15. The fraction of sp³-hybridized carbons (Fsp3) is 0.0690. The van der Waals surface area contributed by atoms with E-state index in [0.717, 1.165) is 78.2 Å². The molecule has 11 rings (SSSR count). The van der Waals surface area contributed by atoms with Crippen LogP contribution in [0.15, 0.2) is 200 Å². The van der Waals surface area contributed by atoms with Crippen molar-refractivity contribution < 1.29 is 28.5 Å². The van der Waals surface area contributed by atoms with Crippen molar-refractivity contribution in [3.63, 3.8) is 0 Å². The molecule has 3 heterocycles. The normalized spacial score (nSPS) is 12.8. The molecule has 0 saturated carbocycles. The van der Waals surface area contributed by atoms with Crippen LogP contribution < -0.4 is 14.5 Å². The second kappa shape index (κ2) is 16.8. The Morgan fingerprint density at radius 2 is 1.19 bits per heavy atom. The Balaban J connectivity index is 0.00000511. The molecule has 0 amide bonds. The van der Waals surface area contributed by atoms with E-state index in [2.05, 4.69) is 127 Å². The molecular weight excluding hydrogens is 964 g/mol. The summed E-state index contributed by atoms with van der Waals surface area (Å²) in [6.07, 6.45) is 1.88. The molecule has 0 unspecified atom stereocenters. The average Bonchev–Trinajstić information content (AvgIpc) is 3.88. The number of hydrogen-bond acceptors (Lipinski definition) is 4. The number of benzene rings is 8. The van der Waals surface area contributed by atoms with Crippen LogP contribution in [-0.4, -0.2) is 9.55 Å². The van der Waals surface area contributed by atoms with E-state index < -0.39 is 0 Å². The maximum Gasteiger partial charge on any atom is 0.135 e. The Kier molecular flexibility index (Phi) is 10.1. The van der Waals surface area contributed by atoms with Crippen molar-refractivity contribution in [1.29, 1.82) is 0 Å². The van der Waals surface area contributed by atoms with Crippen LogP contribution in [0.4, 0.5) is 22.7 Å². The molecule has 0 bridgehead atoms. The van der Waals surface area contributed by atoms with Crippen LogP contribution in [0.5, 0.6) is 11.5 Å². The van der Waals surface area contributed by atoms with Gasteiger partial charge >= 0.3 is 0 Å². The van der Waals surface area contributed by atoms with E-state index in [-0.39, 0.29) is 38.6 Å². The van der Waals surface area contributed by atoms with E-state index in [1.807, 2.05) is 115 Å². The second-order valence-electron chi connectivity index (χ2n) is 16.8. The van der Waals surface area contributed by atoms with Gasteiger partial charge in [-0.2, -0.15) is 12.1 Å². The number of aromatic nitrogens is 2. The molecule has 6 heteroatoms. The smallest absolute Gasteiger partial charge is 0.135 e. The van der Waals surface area contributed by atoms with Gasteiger partial charge in [-0.25, -0.2) is 4.98 Å². The Morgan fingerprint density at radius 1 is 0.562 bits per heavy atom. The molecule has 0 fully saturated rings. The third-order valence-electron chi connectivity index (χ3n) is 11.7. The minimum absolute atomic E-state index is 0. The average molecular weight is 1010 g/mol. The van der Waals surface area contributed by atoms with Crippen molar-refractivity contribution >= 4 is 44.6 Å². The molecule has 1 aliphatic heterocycles. The van der Waals surface area contributed by atoms with Gasteiger partial charge in [0.25, 0.3) is 0 Å². The van der Waals surface area contributed by atoms with Gasteiger partial charge in [-0.3, -0.25) is 0 Å². The van der Waals surface area contributed by atoms with Gasteiger partial charge in [0.05, 0.1) is 2.74 Å². The third kappa shape index (κ3) is 7.46. The van der Waals surface area contributed by atoms with Gasteiger partial charge in [0.1, 0.15) is 5.82 Å². The topological polar surface area (TPSA) is 33.5 Å². The first kappa shape index (κ1) is 38.5. The van der Waals surface area contributed by atoms with Crippen LogP contribution in [0.25, 0.3) is 61.0 Å². The molecule has 64 heavy (non-hydrogen) atoms. The van der Waals surface area contributed by atoms with Crippen LogP contribution in [0.3, 0.4) is 0 Å². The van der Waals surface area contributed by atoms with E-state index in [1.165, 1.54) is 5.56 Å². The minimum Gasteiger partial charge on any atom is -0.509 e. The van der Waals surface area contributed by atoms with Crippen molar-refractivity contribution in [3.8, 4) is 50.7 Å². The largest absolute Gasteiger partial charge is 0.509 e. The van der Waals surface area contributed by atoms with Crippen molar-refractivity contribution in [2.75, 3.05) is 9.80 Å². The predicted molar refractivity (Wildman–Crippen MR) is 259 cm³/mol. The van der Waals surface area contributed by atoms with Crippen LogP contribution in [-0.2, 0) is 26.5 Å². The first-order valence-electron chi connectivity index (χ1n) is 22.2. The number of nitrogens with zero attached hydrogens (tertiary/aromatic N) is 4. The molecule has 5 nitrogen and oxygen atoms in total. The van der Waals surface area contributed by atoms with Crippen molar-refractivity contribution in [2.24, 2.45) is 0 Å². The summed E-state index contributed by atoms with van der Waals surface area (Å²) in [5.41, 5.74) is 11.8. The summed E-state index contributed by atoms with van der Waals surface area (Å²) in [6.45, 7) is 8.72. The zero-order valence-electron chi connectivity index (χ0n) is 37.5. The SMILES string of the molecule is [2H]c1cc(-c2ccccc2)cc([2H])c1-c1cccc(-c2ccccc2)c1N1[CH-]N(c2[c-]c(Oc3[c-]c4c(cc3)c3ccccc3n4-c3cc(C(C)(C)C)ccn3)ccc2)c2ccccc21.[Pt]. The summed E-state index contributed by atoms with van der Waals surface area (Å²) in [5.74, 6) is 1.93. The van der Waals surface area contributed by atoms with E-state index in [0.29, 0.717) is 17.1 Å². The number of pyridine rings is 1. The minimum atomic E-state index is -0.0424. The molecule has 0 radical (unpaired) electrons. The summed E-state index contributed by atoms with van der Waals surface area (Å²) in [6, 6.07) is 68.8. The zero-order valence-corrected chi connectivity index (χ0v) is 37.8. The van der Waals surface area contributed by atoms with Gasteiger partial charge in [-0.05, 0) is 69.0 Å². The molecule has 1 aliphatic rings. The Morgan fingerprint density at radius 3 is 1.94 bits per heavy atom. The van der Waals surface area contributed by atoms with Gasteiger partial charge in [0, 0.05) is 72.5 Å². The van der Waals surface area contributed by atoms with Crippen LogP contribution in [0.2, 0.25) is 0 Å². The van der Waals surface area contributed by atoms with Gasteiger partial charge in [-0.15, -0.1) is 48.1 Å². The number of anilines is 4. The van der Waals surface area contributed by atoms with Crippen molar-refractivity contribution in [2.45, 2.75) is 26.2 Å². The van der Waals surface area contributed by atoms with Crippen molar-refractivity contribution in [3.05, 3.63) is 225 Å². The monoisotopic (exact) mass is 1010 g/mol. The first-order valence-corrected chi connectivity index (χ1v) is 21.2. The Hall–Kier alpha value is -7.20. The third-order valence-corrected chi connectivity index (χ3v) is 11.7. The number of hydrogen-bond donors (Lipinski definition) is 0. The van der Waals surface area contributed by atoms with Gasteiger partial charge in [-0.1, -0.05) is 160 Å². The molecule has 2 aromatic heterocycles. The molecule has 0 atom stereocenters. The molecule has 0 N–H and O–H groups in total. The fourth-order valence-electron chi connectivity index (χ4n) is 8.61. The molecule has 0 spiro atoms. The number of para-hydroxylation sites is 4. The summed E-state index contributed by atoms with van der Waals surface area (Å²) in [5, 5.41) is 2.18. The van der Waals surface area contributed by atoms with E-state index >= 15 is 0 Å². The quantitative estimate of drug-likeness (QED) is 0.142. The van der Waals surface area contributed by atoms with Gasteiger partial charge in [0.2, 0.25) is 0 Å². The van der Waals surface area contributed by atoms with E-state index in [1.54, 1.807) is 0 Å². The summed E-state index contributed by atoms with van der Waals surface area (Å²) in [7, 11) is 0. The molecule has 0 saturated heterocycles. The fourth-order valence-corrected chi connectivity index (χ4v) is 8.61. The standard InChI is InChI=1S/C58H43N4O.Pt/c1-58(2,3)44-34-35-59-56(36-44)62-52-25-11-10-22-50(52)51-33-32-47(38-55(51)62)63-46-21-14-20-45(37-46)60-39-61(54-27-13-12-26-53(54)60)57-48(42-18-8-5-9-19-42)23-15-24-49(57)43-30-28-41(29-31-43)40-16-6-4-7-17-40;/h4-36,39H,1-3H3;/q-3;/i30D,31D;. The maximum atomic E-state index is 9.39. The number of ether oxygens (including phenoxy) is 1. The van der Waals surface area contributed by atoms with Crippen LogP contribution in [0, 0.1) is 18.8 Å². The molecule has 314 valence electrons. The zero-order chi connectivity index (χ0) is 44.2. The van der Waals surface area contributed by atoms with Crippen LogP contribution >= 0.6 is 0 Å². The molecule has 0 aliphatic carbocycles. The Bertz CT molecular complexity index is 3400. The van der Waals surface area contributed by atoms with Gasteiger partial charge < -0.3 is 19.1 Å². The second-order valence-corrected chi connectivity index (χ2v) is 16.8. The number of rotatable bonds is 8. The maximum absolute atomic E-state index is 9.39. The molecular formula is C58H43N4OPt-3. The Labute approximate surface area is 391 Å². The summed E-state index contributed by atoms with van der Waals surface area (Å²) >= 11 is 0. The molecule has 8 aromatic carbocycles. The van der Waals surface area contributed by atoms with Crippen molar-refractivity contribution in [1.82, 2.24) is 9.55 Å². The van der Waals surface area contributed by atoms with E-state index in [4.69, 9.17) is 9.72 Å². The first-order chi connectivity index (χ1) is 31.7. The summed E-state index contributed by atoms with van der Waals surface area (Å²) < 4.78 is 27.6.